The fraction of sp³-hybridized carbons (Fsp3) is 0. The Kier molecular flexibility index (Phi) is 6.54. The molecule has 0 saturated heterocycles. The van der Waals surface area contributed by atoms with E-state index in [1.807, 2.05) is 0 Å². The summed E-state index contributed by atoms with van der Waals surface area (Å²) in [7, 11) is 0. The number of hydrogen-bond acceptors (Lipinski definition) is 1. The van der Waals surface area contributed by atoms with E-state index in [0.717, 1.165) is 17.1 Å². The lowest BCUT2D eigenvalue weighted by molar-refractivity contribution is 1.29. The van der Waals surface area contributed by atoms with Crippen LogP contribution in [0.2, 0.25) is 0 Å². The molecule has 0 N–H and O–H groups in total. The van der Waals surface area contributed by atoms with E-state index in [1.165, 1.54) is 65.3 Å². The first kappa shape index (κ1) is 27.2. The van der Waals surface area contributed by atoms with Crippen LogP contribution in [0.25, 0.3) is 65.3 Å². The highest BCUT2D eigenvalue weighted by Crippen LogP contribution is 2.41. The molecule has 9 aromatic rings. The molecule has 0 bridgehead atoms. The molecule has 0 fully saturated rings. The molecular formula is C46H31N. The van der Waals surface area contributed by atoms with Crippen LogP contribution in [0, 0.1) is 0 Å². The van der Waals surface area contributed by atoms with Crippen molar-refractivity contribution in [2.45, 2.75) is 0 Å². The standard InChI is InChI=1S/C46H31N/c1-3-12-35-28-37(21-20-32(35)10-1)34-22-25-40(26-23-34)47(42-27-24-33-11-2-4-13-36(33)29-42)41-16-9-15-38(30-41)46-31-39-14-5-6-17-43(39)44-18-7-8-19-45(44)46/h1-31H. The Labute approximate surface area is 274 Å². The van der Waals surface area contributed by atoms with Crippen molar-refractivity contribution in [1.82, 2.24) is 0 Å². The molecule has 1 heteroatoms. The number of hydrogen-bond donors (Lipinski definition) is 0. The van der Waals surface area contributed by atoms with Crippen LogP contribution in [0.3, 0.4) is 0 Å². The molecule has 0 spiro atoms. The van der Waals surface area contributed by atoms with E-state index in [-0.39, 0.29) is 0 Å². The van der Waals surface area contributed by atoms with Gasteiger partial charge in [0.1, 0.15) is 0 Å². The molecule has 0 atom stereocenters. The Morgan fingerprint density at radius 1 is 0.255 bits per heavy atom. The third-order valence-electron chi connectivity index (χ3n) is 9.38. The largest absolute Gasteiger partial charge is 0.310 e. The Morgan fingerprint density at radius 2 is 0.809 bits per heavy atom. The fourth-order valence-electron chi connectivity index (χ4n) is 7.04. The number of rotatable bonds is 5. The minimum Gasteiger partial charge on any atom is -0.310 e. The second-order valence-corrected chi connectivity index (χ2v) is 12.2. The molecule has 0 aromatic heterocycles. The molecule has 0 aliphatic heterocycles. The Balaban J connectivity index is 1.19. The summed E-state index contributed by atoms with van der Waals surface area (Å²) in [6.45, 7) is 0. The third kappa shape index (κ3) is 4.90. The van der Waals surface area contributed by atoms with Gasteiger partial charge in [0, 0.05) is 17.1 Å². The number of benzene rings is 9. The topological polar surface area (TPSA) is 3.24 Å². The van der Waals surface area contributed by atoms with Gasteiger partial charge in [0.2, 0.25) is 0 Å². The van der Waals surface area contributed by atoms with Gasteiger partial charge in [0.15, 0.2) is 0 Å². The molecule has 47 heavy (non-hydrogen) atoms. The van der Waals surface area contributed by atoms with Gasteiger partial charge in [-0.3, -0.25) is 0 Å². The quantitative estimate of drug-likeness (QED) is 0.178. The van der Waals surface area contributed by atoms with Gasteiger partial charge in [-0.05, 0) is 114 Å². The van der Waals surface area contributed by atoms with Gasteiger partial charge in [-0.25, -0.2) is 0 Å². The summed E-state index contributed by atoms with van der Waals surface area (Å²) in [5, 5.41) is 10.1. The summed E-state index contributed by atoms with van der Waals surface area (Å²) < 4.78 is 0. The van der Waals surface area contributed by atoms with E-state index in [9.17, 15) is 0 Å². The minimum atomic E-state index is 1.12. The van der Waals surface area contributed by atoms with Gasteiger partial charge in [0.25, 0.3) is 0 Å². The second-order valence-electron chi connectivity index (χ2n) is 12.2. The molecule has 0 aliphatic carbocycles. The fourth-order valence-corrected chi connectivity index (χ4v) is 7.04. The number of fused-ring (bicyclic) bond motifs is 5. The van der Waals surface area contributed by atoms with Gasteiger partial charge in [-0.2, -0.15) is 0 Å². The van der Waals surface area contributed by atoms with Crippen LogP contribution in [-0.4, -0.2) is 0 Å². The zero-order valence-electron chi connectivity index (χ0n) is 25.8. The Bertz CT molecular complexity index is 2580. The van der Waals surface area contributed by atoms with Crippen molar-refractivity contribution in [2.24, 2.45) is 0 Å². The first-order valence-corrected chi connectivity index (χ1v) is 16.2. The molecule has 220 valence electrons. The van der Waals surface area contributed by atoms with Crippen molar-refractivity contribution in [3.63, 3.8) is 0 Å². The molecule has 0 aliphatic rings. The van der Waals surface area contributed by atoms with Gasteiger partial charge >= 0.3 is 0 Å². The molecule has 0 amide bonds. The van der Waals surface area contributed by atoms with Crippen LogP contribution < -0.4 is 4.90 Å². The van der Waals surface area contributed by atoms with E-state index >= 15 is 0 Å². The van der Waals surface area contributed by atoms with Crippen LogP contribution >= 0.6 is 0 Å². The van der Waals surface area contributed by atoms with Crippen molar-refractivity contribution in [3.05, 3.63) is 188 Å². The molecule has 0 unspecified atom stereocenters. The van der Waals surface area contributed by atoms with E-state index in [0.29, 0.717) is 0 Å². The van der Waals surface area contributed by atoms with Gasteiger partial charge in [-0.15, -0.1) is 0 Å². The summed E-state index contributed by atoms with van der Waals surface area (Å²) in [4.78, 5) is 2.38. The van der Waals surface area contributed by atoms with E-state index in [4.69, 9.17) is 0 Å². The maximum absolute atomic E-state index is 2.38. The van der Waals surface area contributed by atoms with Crippen LogP contribution in [-0.2, 0) is 0 Å². The average Bonchev–Trinajstić information content (AvgIpc) is 3.15. The van der Waals surface area contributed by atoms with Crippen molar-refractivity contribution in [1.29, 1.82) is 0 Å². The normalized spacial score (nSPS) is 11.4. The predicted octanol–water partition coefficient (Wildman–Crippen LogP) is 13.1. The van der Waals surface area contributed by atoms with E-state index < -0.39 is 0 Å². The minimum absolute atomic E-state index is 1.12. The van der Waals surface area contributed by atoms with Gasteiger partial charge < -0.3 is 4.90 Å². The predicted molar refractivity (Wildman–Crippen MR) is 202 cm³/mol. The van der Waals surface area contributed by atoms with E-state index in [2.05, 4.69) is 193 Å². The maximum Gasteiger partial charge on any atom is 0.0468 e. The van der Waals surface area contributed by atoms with Crippen LogP contribution in [0.1, 0.15) is 0 Å². The van der Waals surface area contributed by atoms with Gasteiger partial charge in [0.05, 0.1) is 0 Å². The zero-order valence-corrected chi connectivity index (χ0v) is 25.8. The lowest BCUT2D eigenvalue weighted by Crippen LogP contribution is -2.10. The first-order valence-electron chi connectivity index (χ1n) is 16.2. The molecule has 9 aromatic carbocycles. The molecule has 0 radical (unpaired) electrons. The van der Waals surface area contributed by atoms with Crippen LogP contribution in [0.4, 0.5) is 17.1 Å². The van der Waals surface area contributed by atoms with Crippen LogP contribution in [0.15, 0.2) is 188 Å². The zero-order chi connectivity index (χ0) is 31.2. The number of nitrogens with zero attached hydrogens (tertiary/aromatic N) is 1. The van der Waals surface area contributed by atoms with Crippen LogP contribution in [0.5, 0.6) is 0 Å². The Hall–Kier alpha value is -6.18. The number of anilines is 3. The van der Waals surface area contributed by atoms with Crippen molar-refractivity contribution in [3.8, 4) is 22.3 Å². The third-order valence-corrected chi connectivity index (χ3v) is 9.38. The highest BCUT2D eigenvalue weighted by Gasteiger charge is 2.16. The van der Waals surface area contributed by atoms with E-state index in [1.54, 1.807) is 0 Å². The summed E-state index contributed by atoms with van der Waals surface area (Å²) in [5.74, 6) is 0. The summed E-state index contributed by atoms with van der Waals surface area (Å²) in [6, 6.07) is 68.3. The average molecular weight is 598 g/mol. The smallest absolute Gasteiger partial charge is 0.0468 e. The van der Waals surface area contributed by atoms with Crippen molar-refractivity contribution in [2.75, 3.05) is 4.90 Å². The summed E-state index contributed by atoms with van der Waals surface area (Å²) >= 11 is 0. The Morgan fingerprint density at radius 3 is 1.57 bits per heavy atom. The lowest BCUT2D eigenvalue weighted by Gasteiger charge is -2.27. The van der Waals surface area contributed by atoms with Crippen molar-refractivity contribution >= 4 is 60.2 Å². The monoisotopic (exact) mass is 597 g/mol. The van der Waals surface area contributed by atoms with Gasteiger partial charge in [-0.1, -0.05) is 140 Å². The lowest BCUT2D eigenvalue weighted by atomic mass is 9.93. The molecule has 0 saturated carbocycles. The molecule has 1 nitrogen and oxygen atoms in total. The SMILES string of the molecule is c1cc(-c2cc3ccccc3c3ccccc23)cc(N(c2ccc(-c3ccc4ccccc4c3)cc2)c2ccc3ccccc3c2)c1. The molecule has 0 heterocycles. The highest BCUT2D eigenvalue weighted by molar-refractivity contribution is 6.14. The maximum atomic E-state index is 2.38. The summed E-state index contributed by atoms with van der Waals surface area (Å²) in [6.07, 6.45) is 0. The molecule has 9 rings (SSSR count). The molecular weight excluding hydrogens is 567 g/mol. The highest BCUT2D eigenvalue weighted by atomic mass is 15.1. The summed E-state index contributed by atoms with van der Waals surface area (Å²) in [5.41, 5.74) is 8.22. The van der Waals surface area contributed by atoms with Crippen molar-refractivity contribution < 1.29 is 0 Å². The second kappa shape index (κ2) is 11.3. The first-order chi connectivity index (χ1) is 23.3.